The Bertz CT molecular complexity index is 742. The summed E-state index contributed by atoms with van der Waals surface area (Å²) in [5, 5.41) is 3.12. The van der Waals surface area contributed by atoms with Gasteiger partial charge in [-0.25, -0.2) is 4.98 Å². The maximum atomic E-state index is 12.1. The van der Waals surface area contributed by atoms with E-state index in [9.17, 15) is 18.0 Å². The van der Waals surface area contributed by atoms with Crippen LogP contribution in [0.25, 0.3) is 0 Å². The molecule has 10 heteroatoms. The number of amides is 1. The molecule has 2 aromatic rings. The first-order valence-electron chi connectivity index (χ1n) is 7.42. The van der Waals surface area contributed by atoms with E-state index in [0.29, 0.717) is 16.5 Å². The summed E-state index contributed by atoms with van der Waals surface area (Å²) >= 11 is 5.82. The minimum absolute atomic E-state index is 0.231. The second-order valence-electron chi connectivity index (χ2n) is 5.22. The smallest absolute Gasteiger partial charge is 0.422 e. The van der Waals surface area contributed by atoms with Crippen LogP contribution in [-0.4, -0.2) is 35.3 Å². The van der Waals surface area contributed by atoms with Crippen molar-refractivity contribution in [1.29, 1.82) is 0 Å². The number of hydrogen-bond acceptors (Lipinski definition) is 5. The highest BCUT2D eigenvalue weighted by molar-refractivity contribution is 6.30. The number of carbonyl (C=O) groups excluding carboxylic acids is 1. The van der Waals surface area contributed by atoms with Crippen LogP contribution in [0.15, 0.2) is 36.7 Å². The Morgan fingerprint density at radius 3 is 2.65 bits per heavy atom. The predicted molar refractivity (Wildman–Crippen MR) is 87.1 cm³/mol. The number of ether oxygens (including phenoxy) is 2. The van der Waals surface area contributed by atoms with Gasteiger partial charge in [-0.2, -0.15) is 13.2 Å². The molecule has 26 heavy (non-hydrogen) atoms. The molecule has 0 aliphatic rings. The maximum absolute atomic E-state index is 12.1. The fourth-order valence-corrected chi connectivity index (χ4v) is 2.02. The third-order valence-electron chi connectivity index (χ3n) is 3.02. The van der Waals surface area contributed by atoms with Crippen molar-refractivity contribution in [3.8, 4) is 11.6 Å². The molecule has 0 saturated heterocycles. The van der Waals surface area contributed by atoms with E-state index < -0.39 is 24.7 Å². The lowest BCUT2D eigenvalue weighted by atomic mass is 10.2. The molecule has 0 spiro atoms. The van der Waals surface area contributed by atoms with E-state index >= 15 is 0 Å². The molecule has 1 amide bonds. The van der Waals surface area contributed by atoms with Crippen molar-refractivity contribution in [2.45, 2.75) is 19.1 Å². The van der Waals surface area contributed by atoms with Crippen LogP contribution in [-0.2, 0) is 4.79 Å². The Labute approximate surface area is 152 Å². The number of nitrogens with one attached hydrogen (secondary N) is 1. The number of hydrogen-bond donors (Lipinski definition) is 1. The van der Waals surface area contributed by atoms with E-state index in [0.717, 1.165) is 6.20 Å². The van der Waals surface area contributed by atoms with E-state index in [2.05, 4.69) is 20.0 Å². The summed E-state index contributed by atoms with van der Waals surface area (Å²) in [6, 6.07) is 6.08. The first kappa shape index (κ1) is 19.8. The third-order valence-corrected chi connectivity index (χ3v) is 3.25. The van der Waals surface area contributed by atoms with Crippen molar-refractivity contribution in [2.24, 2.45) is 0 Å². The van der Waals surface area contributed by atoms with Crippen molar-refractivity contribution in [3.63, 3.8) is 0 Å². The van der Waals surface area contributed by atoms with Gasteiger partial charge < -0.3 is 14.8 Å². The average molecular weight is 390 g/mol. The Morgan fingerprint density at radius 2 is 2.04 bits per heavy atom. The standard InChI is InChI=1S/C16H15ClF3N3O3/c1-10(13-6-22-15(7-21-13)26-9-16(18,19)20)23-14(24)8-25-12-4-2-3-11(17)5-12/h2-7,10H,8-9H2,1H3,(H,23,24). The molecular weight excluding hydrogens is 375 g/mol. The van der Waals surface area contributed by atoms with E-state index in [4.69, 9.17) is 16.3 Å². The average Bonchev–Trinajstić information content (AvgIpc) is 2.58. The number of halogens is 4. The summed E-state index contributed by atoms with van der Waals surface area (Å²) in [5.74, 6) is -0.211. The molecule has 1 aromatic carbocycles. The molecule has 1 atom stereocenters. The summed E-state index contributed by atoms with van der Waals surface area (Å²) in [7, 11) is 0. The molecule has 0 fully saturated rings. The van der Waals surface area contributed by atoms with Gasteiger partial charge in [0.2, 0.25) is 5.88 Å². The zero-order valence-corrected chi connectivity index (χ0v) is 14.3. The SMILES string of the molecule is CC(NC(=O)COc1cccc(Cl)c1)c1cnc(OCC(F)(F)F)cn1. The fourth-order valence-electron chi connectivity index (χ4n) is 1.84. The van der Waals surface area contributed by atoms with Crippen LogP contribution in [0.1, 0.15) is 18.7 Å². The normalized spacial score (nSPS) is 12.3. The van der Waals surface area contributed by atoms with Crippen molar-refractivity contribution >= 4 is 17.5 Å². The van der Waals surface area contributed by atoms with Gasteiger partial charge in [0, 0.05) is 5.02 Å². The van der Waals surface area contributed by atoms with Gasteiger partial charge in [0.05, 0.1) is 24.1 Å². The summed E-state index contributed by atoms with van der Waals surface area (Å²) in [5.41, 5.74) is 0.362. The number of carbonyl (C=O) groups is 1. The molecule has 0 bridgehead atoms. The van der Waals surface area contributed by atoms with E-state index in [1.54, 1.807) is 31.2 Å². The largest absolute Gasteiger partial charge is 0.484 e. The molecule has 1 aromatic heterocycles. The Hall–Kier alpha value is -2.55. The zero-order chi connectivity index (χ0) is 19.2. The van der Waals surface area contributed by atoms with Crippen molar-refractivity contribution in [1.82, 2.24) is 15.3 Å². The second-order valence-corrected chi connectivity index (χ2v) is 5.66. The quantitative estimate of drug-likeness (QED) is 0.786. The van der Waals surface area contributed by atoms with Gasteiger partial charge in [-0.05, 0) is 25.1 Å². The highest BCUT2D eigenvalue weighted by Crippen LogP contribution is 2.18. The van der Waals surface area contributed by atoms with Gasteiger partial charge in [0.1, 0.15) is 5.75 Å². The van der Waals surface area contributed by atoms with Gasteiger partial charge in [0.15, 0.2) is 13.2 Å². The van der Waals surface area contributed by atoms with Gasteiger partial charge in [-0.3, -0.25) is 9.78 Å². The summed E-state index contributed by atoms with van der Waals surface area (Å²) in [6.45, 7) is -0.0312. The van der Waals surface area contributed by atoms with E-state index in [1.807, 2.05) is 0 Å². The van der Waals surface area contributed by atoms with Crippen LogP contribution < -0.4 is 14.8 Å². The molecule has 0 aliphatic carbocycles. The maximum Gasteiger partial charge on any atom is 0.422 e. The van der Waals surface area contributed by atoms with Crippen LogP contribution in [0.2, 0.25) is 5.02 Å². The summed E-state index contributed by atoms with van der Waals surface area (Å²) in [4.78, 5) is 19.6. The van der Waals surface area contributed by atoms with Crippen molar-refractivity contribution in [3.05, 3.63) is 47.4 Å². The first-order valence-corrected chi connectivity index (χ1v) is 7.80. The lowest BCUT2D eigenvalue weighted by Gasteiger charge is -2.14. The summed E-state index contributed by atoms with van der Waals surface area (Å²) in [6.07, 6.45) is -2.16. The number of alkyl halides is 3. The number of rotatable bonds is 7. The first-order chi connectivity index (χ1) is 12.2. The minimum Gasteiger partial charge on any atom is -0.484 e. The lowest BCUT2D eigenvalue weighted by Crippen LogP contribution is -2.31. The molecule has 0 aliphatic heterocycles. The highest BCUT2D eigenvalue weighted by atomic mass is 35.5. The molecule has 1 heterocycles. The van der Waals surface area contributed by atoms with Gasteiger partial charge in [0.25, 0.3) is 5.91 Å². The molecule has 2 rings (SSSR count). The monoisotopic (exact) mass is 389 g/mol. The predicted octanol–water partition coefficient (Wildman–Crippen LogP) is 3.33. The van der Waals surface area contributed by atoms with Crippen molar-refractivity contribution < 1.29 is 27.4 Å². The highest BCUT2D eigenvalue weighted by Gasteiger charge is 2.28. The van der Waals surface area contributed by atoms with E-state index in [-0.39, 0.29) is 12.5 Å². The molecule has 0 radical (unpaired) electrons. The summed E-state index contributed by atoms with van der Waals surface area (Å²) < 4.78 is 46.0. The second kappa shape index (κ2) is 8.70. The van der Waals surface area contributed by atoms with Crippen LogP contribution in [0.4, 0.5) is 13.2 Å². The molecule has 0 saturated carbocycles. The van der Waals surface area contributed by atoms with Crippen LogP contribution in [0, 0.1) is 0 Å². The lowest BCUT2D eigenvalue weighted by molar-refractivity contribution is -0.154. The Kier molecular flexibility index (Phi) is 6.62. The number of nitrogens with zero attached hydrogens (tertiary/aromatic N) is 2. The molecule has 1 N–H and O–H groups in total. The minimum atomic E-state index is -4.45. The topological polar surface area (TPSA) is 73.3 Å². The van der Waals surface area contributed by atoms with Crippen LogP contribution in [0.3, 0.4) is 0 Å². The molecular formula is C16H15ClF3N3O3. The van der Waals surface area contributed by atoms with Gasteiger partial charge in [-0.1, -0.05) is 17.7 Å². The third kappa shape index (κ3) is 6.75. The van der Waals surface area contributed by atoms with Crippen LogP contribution in [0.5, 0.6) is 11.6 Å². The zero-order valence-electron chi connectivity index (χ0n) is 13.6. The van der Waals surface area contributed by atoms with Crippen LogP contribution >= 0.6 is 11.6 Å². The number of benzene rings is 1. The van der Waals surface area contributed by atoms with Gasteiger partial charge >= 0.3 is 6.18 Å². The fraction of sp³-hybridized carbons (Fsp3) is 0.312. The van der Waals surface area contributed by atoms with Gasteiger partial charge in [-0.15, -0.1) is 0 Å². The molecule has 140 valence electrons. The molecule has 6 nitrogen and oxygen atoms in total. The Morgan fingerprint density at radius 1 is 1.27 bits per heavy atom. The van der Waals surface area contributed by atoms with Crippen molar-refractivity contribution in [2.75, 3.05) is 13.2 Å². The molecule has 1 unspecified atom stereocenters. The van der Waals surface area contributed by atoms with E-state index in [1.165, 1.54) is 6.20 Å². The number of aromatic nitrogens is 2. The Balaban J connectivity index is 1.82.